The van der Waals surface area contributed by atoms with E-state index in [1.54, 1.807) is 21.3 Å². The van der Waals surface area contributed by atoms with Crippen LogP contribution in [0.4, 0.5) is 0 Å². The number of nitrogens with one attached hydrogen (secondary N) is 1. The number of rotatable bonds is 6. The normalized spacial score (nSPS) is 16.7. The van der Waals surface area contributed by atoms with E-state index in [1.165, 1.54) is 44.9 Å². The summed E-state index contributed by atoms with van der Waals surface area (Å²) in [6.45, 7) is 0.800. The third-order valence-corrected chi connectivity index (χ3v) is 4.47. The number of benzene rings is 1. The van der Waals surface area contributed by atoms with Crippen LogP contribution in [0.2, 0.25) is 0 Å². The third-order valence-electron chi connectivity index (χ3n) is 4.47. The summed E-state index contributed by atoms with van der Waals surface area (Å²) in [6, 6.07) is 4.51. The molecule has 124 valence electrons. The second kappa shape index (κ2) is 8.89. The largest absolute Gasteiger partial charge is 0.496 e. The fraction of sp³-hybridized carbons (Fsp3) is 0.667. The van der Waals surface area contributed by atoms with Crippen LogP contribution in [0.3, 0.4) is 0 Å². The minimum Gasteiger partial charge on any atom is -0.496 e. The van der Waals surface area contributed by atoms with E-state index in [2.05, 4.69) is 5.32 Å². The Balaban J connectivity index is 2.04. The molecule has 4 nitrogen and oxygen atoms in total. The Bertz CT molecular complexity index is 454. The maximum Gasteiger partial charge on any atom is 0.164 e. The molecule has 0 saturated heterocycles. The molecule has 4 heteroatoms. The minimum absolute atomic E-state index is 0.609. The second-order valence-electron chi connectivity index (χ2n) is 5.94. The van der Waals surface area contributed by atoms with Gasteiger partial charge in [0.15, 0.2) is 11.5 Å². The number of hydrogen-bond acceptors (Lipinski definition) is 4. The van der Waals surface area contributed by atoms with Crippen molar-refractivity contribution in [1.29, 1.82) is 0 Å². The van der Waals surface area contributed by atoms with Crippen molar-refractivity contribution < 1.29 is 14.2 Å². The molecule has 0 unspecified atom stereocenters. The first-order chi connectivity index (χ1) is 10.8. The lowest BCUT2D eigenvalue weighted by Crippen LogP contribution is -2.29. The van der Waals surface area contributed by atoms with Gasteiger partial charge in [0.05, 0.1) is 21.3 Å². The molecule has 1 saturated carbocycles. The van der Waals surface area contributed by atoms with Crippen molar-refractivity contribution in [3.63, 3.8) is 0 Å². The standard InChI is InChI=1S/C18H29NO3/c1-20-16-12-18(22-3)17(21-2)11-14(16)13-19-15-9-7-5-4-6-8-10-15/h11-12,15,19H,4-10,13H2,1-3H3. The molecule has 1 aliphatic carbocycles. The van der Waals surface area contributed by atoms with Crippen molar-refractivity contribution in [3.05, 3.63) is 17.7 Å². The lowest BCUT2D eigenvalue weighted by molar-refractivity contribution is 0.345. The summed E-state index contributed by atoms with van der Waals surface area (Å²) >= 11 is 0. The highest BCUT2D eigenvalue weighted by molar-refractivity contribution is 5.50. The summed E-state index contributed by atoms with van der Waals surface area (Å²) in [5.74, 6) is 2.29. The highest BCUT2D eigenvalue weighted by Crippen LogP contribution is 2.34. The van der Waals surface area contributed by atoms with Gasteiger partial charge in [-0.25, -0.2) is 0 Å². The maximum atomic E-state index is 5.50. The predicted molar refractivity (Wildman–Crippen MR) is 89.0 cm³/mol. The van der Waals surface area contributed by atoms with E-state index in [9.17, 15) is 0 Å². The fourth-order valence-electron chi connectivity index (χ4n) is 3.15. The lowest BCUT2D eigenvalue weighted by Gasteiger charge is -2.22. The molecule has 0 bridgehead atoms. The molecule has 1 aliphatic rings. The SMILES string of the molecule is COc1cc(OC)c(OC)cc1CNC1CCCCCCC1. The first-order valence-corrected chi connectivity index (χ1v) is 8.30. The molecule has 22 heavy (non-hydrogen) atoms. The molecular formula is C18H29NO3. The van der Waals surface area contributed by atoms with Crippen molar-refractivity contribution in [2.45, 2.75) is 57.5 Å². The number of hydrogen-bond donors (Lipinski definition) is 1. The van der Waals surface area contributed by atoms with Crippen molar-refractivity contribution in [3.8, 4) is 17.2 Å². The predicted octanol–water partition coefficient (Wildman–Crippen LogP) is 3.91. The van der Waals surface area contributed by atoms with Gasteiger partial charge in [0.1, 0.15) is 5.75 Å². The fourth-order valence-corrected chi connectivity index (χ4v) is 3.15. The van der Waals surface area contributed by atoms with Crippen LogP contribution in [0, 0.1) is 0 Å². The molecular weight excluding hydrogens is 278 g/mol. The summed E-state index contributed by atoms with van der Waals surface area (Å²) < 4.78 is 16.2. The topological polar surface area (TPSA) is 39.7 Å². The highest BCUT2D eigenvalue weighted by atomic mass is 16.5. The van der Waals surface area contributed by atoms with Gasteiger partial charge < -0.3 is 19.5 Å². The third kappa shape index (κ3) is 4.54. The van der Waals surface area contributed by atoms with Gasteiger partial charge in [-0.3, -0.25) is 0 Å². The molecule has 0 heterocycles. The van der Waals surface area contributed by atoms with Gasteiger partial charge in [0.2, 0.25) is 0 Å². The molecule has 0 amide bonds. The van der Waals surface area contributed by atoms with Crippen LogP contribution in [0.1, 0.15) is 50.5 Å². The van der Waals surface area contributed by atoms with Crippen molar-refractivity contribution in [1.82, 2.24) is 5.32 Å². The van der Waals surface area contributed by atoms with Crippen LogP contribution in [-0.2, 0) is 6.54 Å². The molecule has 2 rings (SSSR count). The average Bonchev–Trinajstić information content (AvgIpc) is 2.53. The van der Waals surface area contributed by atoms with Crippen LogP contribution >= 0.6 is 0 Å². The molecule has 0 atom stereocenters. The van der Waals surface area contributed by atoms with Gasteiger partial charge in [-0.05, 0) is 18.9 Å². The lowest BCUT2D eigenvalue weighted by atomic mass is 9.96. The summed E-state index contributed by atoms with van der Waals surface area (Å²) in [5.41, 5.74) is 1.11. The van der Waals surface area contributed by atoms with E-state index in [1.807, 2.05) is 12.1 Å². The van der Waals surface area contributed by atoms with Crippen molar-refractivity contribution in [2.75, 3.05) is 21.3 Å². The Hall–Kier alpha value is -1.42. The van der Waals surface area contributed by atoms with E-state index in [0.29, 0.717) is 11.8 Å². The summed E-state index contributed by atoms with van der Waals surface area (Å²) in [7, 11) is 5.00. The van der Waals surface area contributed by atoms with Crippen LogP contribution in [0.15, 0.2) is 12.1 Å². The van der Waals surface area contributed by atoms with Gasteiger partial charge in [-0.1, -0.05) is 32.1 Å². The zero-order valence-corrected chi connectivity index (χ0v) is 14.1. The zero-order valence-electron chi connectivity index (χ0n) is 14.1. The maximum absolute atomic E-state index is 5.50. The first-order valence-electron chi connectivity index (χ1n) is 8.30. The molecule has 0 aliphatic heterocycles. The zero-order chi connectivity index (χ0) is 15.8. The molecule has 1 aromatic carbocycles. The molecule has 1 fully saturated rings. The molecule has 0 spiro atoms. The number of methoxy groups -OCH3 is 3. The van der Waals surface area contributed by atoms with E-state index in [-0.39, 0.29) is 0 Å². The van der Waals surface area contributed by atoms with E-state index < -0.39 is 0 Å². The first kappa shape index (κ1) is 16.9. The highest BCUT2D eigenvalue weighted by Gasteiger charge is 2.15. The molecule has 0 aromatic heterocycles. The smallest absolute Gasteiger partial charge is 0.164 e. The Morgan fingerprint density at radius 2 is 1.36 bits per heavy atom. The van der Waals surface area contributed by atoms with Crippen molar-refractivity contribution >= 4 is 0 Å². The van der Waals surface area contributed by atoms with Gasteiger partial charge in [-0.15, -0.1) is 0 Å². The van der Waals surface area contributed by atoms with Gasteiger partial charge in [0.25, 0.3) is 0 Å². The molecule has 1 N–H and O–H groups in total. The van der Waals surface area contributed by atoms with Crippen LogP contribution in [-0.4, -0.2) is 27.4 Å². The number of ether oxygens (including phenoxy) is 3. The van der Waals surface area contributed by atoms with Gasteiger partial charge >= 0.3 is 0 Å². The minimum atomic E-state index is 0.609. The Morgan fingerprint density at radius 3 is 1.95 bits per heavy atom. The summed E-state index contributed by atoms with van der Waals surface area (Å²) in [4.78, 5) is 0. The summed E-state index contributed by atoms with van der Waals surface area (Å²) in [6.07, 6.45) is 9.36. The van der Waals surface area contributed by atoms with Gasteiger partial charge in [0, 0.05) is 24.2 Å². The van der Waals surface area contributed by atoms with Crippen molar-refractivity contribution in [2.24, 2.45) is 0 Å². The quantitative estimate of drug-likeness (QED) is 0.865. The van der Waals surface area contributed by atoms with Crippen LogP contribution < -0.4 is 19.5 Å². The van der Waals surface area contributed by atoms with E-state index in [4.69, 9.17) is 14.2 Å². The molecule has 0 radical (unpaired) electrons. The Morgan fingerprint density at radius 1 is 0.818 bits per heavy atom. The van der Waals surface area contributed by atoms with E-state index >= 15 is 0 Å². The molecule has 1 aromatic rings. The second-order valence-corrected chi connectivity index (χ2v) is 5.94. The summed E-state index contributed by atoms with van der Waals surface area (Å²) in [5, 5.41) is 3.69. The average molecular weight is 307 g/mol. The van der Waals surface area contributed by atoms with Crippen LogP contribution in [0.5, 0.6) is 17.2 Å². The Labute approximate surface area is 134 Å². The van der Waals surface area contributed by atoms with Gasteiger partial charge in [-0.2, -0.15) is 0 Å². The Kier molecular flexibility index (Phi) is 6.84. The van der Waals surface area contributed by atoms with Crippen LogP contribution in [0.25, 0.3) is 0 Å². The monoisotopic (exact) mass is 307 g/mol. The van der Waals surface area contributed by atoms with E-state index in [0.717, 1.165) is 23.6 Å².